The first-order valence-electron chi connectivity index (χ1n) is 19.6. The zero-order valence-electron chi connectivity index (χ0n) is 31.5. The van der Waals surface area contributed by atoms with Crippen LogP contribution in [0.5, 0.6) is 0 Å². The Hall–Kier alpha value is -6.88. The van der Waals surface area contributed by atoms with Crippen LogP contribution < -0.4 is 10.4 Å². The van der Waals surface area contributed by atoms with Crippen molar-refractivity contribution in [2.24, 2.45) is 0 Å². The van der Waals surface area contributed by atoms with Crippen molar-refractivity contribution in [3.63, 3.8) is 0 Å². The standard InChI is InChI=1S/C53H37N3S/c1-34-45-31-39(27-29-51(45)57-52(34)44-24-13-19-35-14-8-9-22-42(35)44)38-26-28-50-46(32-38)43-23-10-11-25-49(43)56(50)41-21-12-20-40(30-41)53-54-47(36-15-4-2-5-16-36)33-48(55-53)37-17-6-3-7-18-37/h2-12,14-23,25-33H,13,24H2,1H3. The number of nitrogens with zero attached hydrogens (tertiary/aromatic N) is 3. The van der Waals surface area contributed by atoms with E-state index in [0.29, 0.717) is 5.82 Å². The highest BCUT2D eigenvalue weighted by Crippen LogP contribution is 2.40. The molecule has 3 nitrogen and oxygen atoms in total. The number of aryl methyl sites for hydroxylation is 1. The van der Waals surface area contributed by atoms with Gasteiger partial charge in [0.15, 0.2) is 5.82 Å². The number of para-hydroxylation sites is 1. The summed E-state index contributed by atoms with van der Waals surface area (Å²) in [6.07, 6.45) is 4.56. The second kappa shape index (κ2) is 13.7. The van der Waals surface area contributed by atoms with Crippen molar-refractivity contribution in [3.05, 3.63) is 197 Å². The molecule has 4 heteroatoms. The quantitative estimate of drug-likeness (QED) is 0.170. The summed E-state index contributed by atoms with van der Waals surface area (Å²) < 4.78 is 3.73. The number of thiophene rings is 1. The molecular formula is C53H37N3S. The number of hydrogen-bond acceptors (Lipinski definition) is 3. The molecular weight excluding hydrogens is 711 g/mol. The van der Waals surface area contributed by atoms with Gasteiger partial charge in [0.05, 0.1) is 22.4 Å². The molecule has 57 heavy (non-hydrogen) atoms. The van der Waals surface area contributed by atoms with Crippen molar-refractivity contribution in [3.8, 4) is 50.7 Å². The van der Waals surface area contributed by atoms with Gasteiger partial charge in [0.1, 0.15) is 0 Å². The van der Waals surface area contributed by atoms with E-state index in [9.17, 15) is 0 Å². The van der Waals surface area contributed by atoms with E-state index in [-0.39, 0.29) is 0 Å². The third-order valence-corrected chi connectivity index (χ3v) is 12.8. The lowest BCUT2D eigenvalue weighted by Gasteiger charge is -2.12. The van der Waals surface area contributed by atoms with Gasteiger partial charge in [-0.2, -0.15) is 0 Å². The smallest absolute Gasteiger partial charge is 0.160 e. The SMILES string of the molecule is Cc1c(C2=c3ccccc3=CCC2)sc2ccc(-c3ccc4c(c3)c3ccccc3n4-c3cccc(-c4nc(-c5ccccc5)cc(-c5ccccc5)n4)c3)cc12. The van der Waals surface area contributed by atoms with Crippen LogP contribution in [0.3, 0.4) is 0 Å². The molecule has 0 unspecified atom stereocenters. The summed E-state index contributed by atoms with van der Waals surface area (Å²) in [5, 5.41) is 6.55. The number of rotatable bonds is 6. The van der Waals surface area contributed by atoms with Crippen molar-refractivity contribution < 1.29 is 0 Å². The van der Waals surface area contributed by atoms with Crippen LogP contribution >= 0.6 is 11.3 Å². The molecule has 0 fully saturated rings. The third kappa shape index (κ3) is 5.80. The van der Waals surface area contributed by atoms with E-state index >= 15 is 0 Å². The summed E-state index contributed by atoms with van der Waals surface area (Å²) in [6, 6.07) is 63.0. The molecule has 0 aliphatic heterocycles. The zero-order valence-corrected chi connectivity index (χ0v) is 32.3. The lowest BCUT2D eigenvalue weighted by molar-refractivity contribution is 1.08. The van der Waals surface area contributed by atoms with Gasteiger partial charge in [-0.25, -0.2) is 9.97 Å². The molecule has 0 saturated heterocycles. The summed E-state index contributed by atoms with van der Waals surface area (Å²) in [6.45, 7) is 2.31. The Morgan fingerprint density at radius 2 is 1.16 bits per heavy atom. The van der Waals surface area contributed by atoms with Crippen LogP contribution in [-0.4, -0.2) is 14.5 Å². The van der Waals surface area contributed by atoms with Crippen LogP contribution in [0.2, 0.25) is 0 Å². The highest BCUT2D eigenvalue weighted by molar-refractivity contribution is 7.20. The van der Waals surface area contributed by atoms with E-state index in [2.05, 4.69) is 181 Å². The molecule has 0 radical (unpaired) electrons. The molecule has 0 bridgehead atoms. The Labute approximate surface area is 335 Å². The van der Waals surface area contributed by atoms with E-state index in [1.807, 2.05) is 23.5 Å². The van der Waals surface area contributed by atoms with Crippen molar-refractivity contribution in [2.75, 3.05) is 0 Å². The lowest BCUT2D eigenvalue weighted by Crippen LogP contribution is -2.29. The van der Waals surface area contributed by atoms with E-state index in [1.165, 1.54) is 69.5 Å². The van der Waals surface area contributed by atoms with Crippen molar-refractivity contribution >= 4 is 54.9 Å². The Bertz CT molecular complexity index is 3240. The van der Waals surface area contributed by atoms with E-state index in [4.69, 9.17) is 9.97 Å². The molecule has 270 valence electrons. The Morgan fingerprint density at radius 1 is 0.509 bits per heavy atom. The Balaban J connectivity index is 1.02. The average Bonchev–Trinajstić information content (AvgIpc) is 3.80. The minimum atomic E-state index is 0.701. The Morgan fingerprint density at radius 3 is 1.95 bits per heavy atom. The van der Waals surface area contributed by atoms with Crippen LogP contribution in [0, 0.1) is 6.92 Å². The summed E-state index contributed by atoms with van der Waals surface area (Å²) in [4.78, 5) is 11.7. The summed E-state index contributed by atoms with van der Waals surface area (Å²) in [7, 11) is 0. The predicted molar refractivity (Wildman–Crippen MR) is 240 cm³/mol. The Kier molecular flexibility index (Phi) is 8.04. The van der Waals surface area contributed by atoms with Gasteiger partial charge in [0.25, 0.3) is 0 Å². The minimum absolute atomic E-state index is 0.701. The fourth-order valence-corrected chi connectivity index (χ4v) is 9.96. The van der Waals surface area contributed by atoms with Crippen LogP contribution in [0.1, 0.15) is 23.3 Å². The molecule has 0 amide bonds. The maximum atomic E-state index is 5.13. The number of benzene rings is 7. The largest absolute Gasteiger partial charge is 0.309 e. The van der Waals surface area contributed by atoms with Crippen molar-refractivity contribution in [2.45, 2.75) is 19.8 Å². The summed E-state index contributed by atoms with van der Waals surface area (Å²) >= 11 is 1.94. The second-order valence-corrected chi connectivity index (χ2v) is 16.0. The topological polar surface area (TPSA) is 30.7 Å². The summed E-state index contributed by atoms with van der Waals surface area (Å²) in [5.41, 5.74) is 13.6. The molecule has 3 aromatic heterocycles. The molecule has 0 atom stereocenters. The molecule has 10 aromatic rings. The first-order chi connectivity index (χ1) is 28.2. The zero-order chi connectivity index (χ0) is 37.9. The van der Waals surface area contributed by atoms with E-state index in [1.54, 1.807) is 0 Å². The predicted octanol–water partition coefficient (Wildman–Crippen LogP) is 12.5. The van der Waals surface area contributed by atoms with Crippen LogP contribution in [0.25, 0.3) is 94.3 Å². The third-order valence-electron chi connectivity index (χ3n) is 11.5. The lowest BCUT2D eigenvalue weighted by atomic mass is 9.95. The average molecular weight is 748 g/mol. The van der Waals surface area contributed by atoms with Gasteiger partial charge in [-0.15, -0.1) is 11.3 Å². The maximum Gasteiger partial charge on any atom is 0.160 e. The van der Waals surface area contributed by atoms with Crippen LogP contribution in [0.4, 0.5) is 0 Å². The minimum Gasteiger partial charge on any atom is -0.309 e. The monoisotopic (exact) mass is 747 g/mol. The highest BCUT2D eigenvalue weighted by Gasteiger charge is 2.18. The molecule has 0 spiro atoms. The van der Waals surface area contributed by atoms with Crippen LogP contribution in [-0.2, 0) is 0 Å². The molecule has 7 aromatic carbocycles. The van der Waals surface area contributed by atoms with Gasteiger partial charge in [-0.05, 0) is 106 Å². The fourth-order valence-electron chi connectivity index (χ4n) is 8.69. The van der Waals surface area contributed by atoms with Gasteiger partial charge >= 0.3 is 0 Å². The molecule has 3 heterocycles. The first-order valence-corrected chi connectivity index (χ1v) is 20.4. The normalized spacial score (nSPS) is 12.6. The number of aromatic nitrogens is 3. The van der Waals surface area contributed by atoms with Gasteiger partial charge in [0, 0.05) is 42.7 Å². The second-order valence-electron chi connectivity index (χ2n) is 14.9. The molecule has 1 aliphatic carbocycles. The van der Waals surface area contributed by atoms with Gasteiger partial charge in [0.2, 0.25) is 0 Å². The summed E-state index contributed by atoms with van der Waals surface area (Å²) in [5.74, 6) is 0.701. The first kappa shape index (κ1) is 33.5. The molecule has 0 saturated carbocycles. The van der Waals surface area contributed by atoms with E-state index in [0.717, 1.165) is 46.6 Å². The molecule has 0 N–H and O–H groups in total. The fraction of sp³-hybridized carbons (Fsp3) is 0.0566. The number of fused-ring (bicyclic) bond motifs is 5. The highest BCUT2D eigenvalue weighted by atomic mass is 32.1. The maximum absolute atomic E-state index is 5.13. The molecule has 11 rings (SSSR count). The van der Waals surface area contributed by atoms with Gasteiger partial charge in [-0.3, -0.25) is 0 Å². The van der Waals surface area contributed by atoms with Gasteiger partial charge < -0.3 is 4.57 Å². The van der Waals surface area contributed by atoms with Crippen LogP contribution in [0.15, 0.2) is 176 Å². The van der Waals surface area contributed by atoms with Crippen molar-refractivity contribution in [1.29, 1.82) is 0 Å². The van der Waals surface area contributed by atoms with Crippen molar-refractivity contribution in [1.82, 2.24) is 14.5 Å². The van der Waals surface area contributed by atoms with Gasteiger partial charge in [-0.1, -0.05) is 133 Å². The van der Waals surface area contributed by atoms with E-state index < -0.39 is 0 Å². The molecule has 1 aliphatic rings. The number of hydrogen-bond donors (Lipinski definition) is 0.